The number of fused-ring (bicyclic) bond motifs is 1. The molecule has 5 rings (SSSR count). The maximum absolute atomic E-state index is 13.8. The molecule has 1 atom stereocenters. The zero-order chi connectivity index (χ0) is 21.6. The van der Waals surface area contributed by atoms with E-state index in [2.05, 4.69) is 4.98 Å². The summed E-state index contributed by atoms with van der Waals surface area (Å²) in [4.78, 5) is 33.7. The highest BCUT2D eigenvalue weighted by Gasteiger charge is 2.62. The smallest absolute Gasteiger partial charge is 0.272 e. The fourth-order valence-corrected chi connectivity index (χ4v) is 4.87. The first-order chi connectivity index (χ1) is 15.0. The maximum atomic E-state index is 13.8. The van der Waals surface area contributed by atoms with E-state index in [1.165, 1.54) is 19.2 Å². The lowest BCUT2D eigenvalue weighted by Crippen LogP contribution is -2.78. The van der Waals surface area contributed by atoms with Gasteiger partial charge in [0, 0.05) is 31.3 Å². The number of nitrogens with zero attached hydrogens (tertiary/aromatic N) is 3. The zero-order valence-corrected chi connectivity index (χ0v) is 17.1. The first-order valence-electron chi connectivity index (χ1n) is 10.3. The van der Waals surface area contributed by atoms with Crippen molar-refractivity contribution >= 4 is 28.4 Å². The minimum Gasteiger partial charge on any atom is -0.369 e. The first kappa shape index (κ1) is 19.6. The van der Waals surface area contributed by atoms with Crippen molar-refractivity contribution in [3.63, 3.8) is 0 Å². The summed E-state index contributed by atoms with van der Waals surface area (Å²) in [6, 6.07) is 17.4. The van der Waals surface area contributed by atoms with Gasteiger partial charge in [0.25, 0.3) is 11.8 Å². The van der Waals surface area contributed by atoms with E-state index in [0.717, 1.165) is 10.9 Å². The molecule has 0 N–H and O–H groups in total. The monoisotopic (exact) mass is 419 g/mol. The predicted molar refractivity (Wildman–Crippen MR) is 114 cm³/mol. The summed E-state index contributed by atoms with van der Waals surface area (Å²) >= 11 is 0. The number of anilines is 1. The molecule has 3 aromatic rings. The highest BCUT2D eigenvalue weighted by atomic mass is 19.1. The van der Waals surface area contributed by atoms with Crippen LogP contribution in [-0.2, 0) is 9.53 Å². The molecular weight excluding hydrogens is 397 g/mol. The van der Waals surface area contributed by atoms with E-state index >= 15 is 0 Å². The SMILES string of the molecule is COC1C(=O)N(c2cccc(F)c2)C12CCN(C(=O)c1ccc3ccccc3n1)CC2. The summed E-state index contributed by atoms with van der Waals surface area (Å²) < 4.78 is 19.3. The summed E-state index contributed by atoms with van der Waals surface area (Å²) in [5.74, 6) is -0.696. The lowest BCUT2D eigenvalue weighted by molar-refractivity contribution is -0.150. The second-order valence-electron chi connectivity index (χ2n) is 8.05. The van der Waals surface area contributed by atoms with Crippen LogP contribution in [0.5, 0.6) is 0 Å². The highest BCUT2D eigenvalue weighted by molar-refractivity contribution is 6.07. The summed E-state index contributed by atoms with van der Waals surface area (Å²) in [5.41, 5.74) is 1.13. The van der Waals surface area contributed by atoms with Gasteiger partial charge in [-0.3, -0.25) is 9.59 Å². The van der Waals surface area contributed by atoms with Crippen LogP contribution in [0.3, 0.4) is 0 Å². The number of amides is 2. The Kier molecular flexibility index (Phi) is 4.70. The van der Waals surface area contributed by atoms with Gasteiger partial charge in [0.15, 0.2) is 6.10 Å². The van der Waals surface area contributed by atoms with Gasteiger partial charge in [-0.05, 0) is 43.2 Å². The fraction of sp³-hybridized carbons (Fsp3) is 0.292. The normalized spacial score (nSPS) is 20.2. The first-order valence-corrected chi connectivity index (χ1v) is 10.3. The molecule has 31 heavy (non-hydrogen) atoms. The number of hydrogen-bond acceptors (Lipinski definition) is 4. The van der Waals surface area contributed by atoms with Crippen LogP contribution in [0.2, 0.25) is 0 Å². The number of benzene rings is 2. The number of methoxy groups -OCH3 is 1. The summed E-state index contributed by atoms with van der Waals surface area (Å²) in [5, 5.41) is 0.985. The molecule has 0 bridgehead atoms. The van der Waals surface area contributed by atoms with Gasteiger partial charge < -0.3 is 14.5 Å². The van der Waals surface area contributed by atoms with Crippen LogP contribution in [-0.4, -0.2) is 53.5 Å². The molecule has 0 aliphatic carbocycles. The second kappa shape index (κ2) is 7.42. The molecule has 1 spiro atoms. The minimum atomic E-state index is -0.591. The van der Waals surface area contributed by atoms with Crippen molar-refractivity contribution in [3.8, 4) is 0 Å². The van der Waals surface area contributed by atoms with Gasteiger partial charge >= 0.3 is 0 Å². The molecule has 2 aliphatic heterocycles. The van der Waals surface area contributed by atoms with Gasteiger partial charge in [-0.15, -0.1) is 0 Å². The van der Waals surface area contributed by atoms with E-state index in [4.69, 9.17) is 4.74 Å². The molecule has 0 saturated carbocycles. The Morgan fingerprint density at radius 3 is 2.61 bits per heavy atom. The third kappa shape index (κ3) is 3.08. The lowest BCUT2D eigenvalue weighted by Gasteiger charge is -2.59. The molecule has 2 aliphatic rings. The quantitative estimate of drug-likeness (QED) is 0.611. The Labute approximate surface area is 179 Å². The van der Waals surface area contributed by atoms with Crippen molar-refractivity contribution in [2.24, 2.45) is 0 Å². The van der Waals surface area contributed by atoms with Crippen LogP contribution >= 0.6 is 0 Å². The number of β-lactam (4-membered cyclic amide) rings is 1. The number of hydrogen-bond donors (Lipinski definition) is 0. The summed E-state index contributed by atoms with van der Waals surface area (Å²) in [7, 11) is 1.52. The molecule has 2 fully saturated rings. The molecule has 158 valence electrons. The molecule has 7 heteroatoms. The number of halogens is 1. The molecule has 2 amide bonds. The fourth-order valence-electron chi connectivity index (χ4n) is 4.87. The van der Waals surface area contributed by atoms with E-state index in [1.807, 2.05) is 30.3 Å². The average molecular weight is 419 g/mol. The number of carbonyl (C=O) groups excluding carboxylic acids is 2. The van der Waals surface area contributed by atoms with Crippen LogP contribution in [0, 0.1) is 5.82 Å². The zero-order valence-electron chi connectivity index (χ0n) is 17.1. The van der Waals surface area contributed by atoms with Gasteiger partial charge in [-0.2, -0.15) is 0 Å². The third-order valence-corrected chi connectivity index (χ3v) is 6.41. The maximum Gasteiger partial charge on any atom is 0.272 e. The summed E-state index contributed by atoms with van der Waals surface area (Å²) in [6.45, 7) is 0.929. The Morgan fingerprint density at radius 1 is 1.10 bits per heavy atom. The van der Waals surface area contributed by atoms with Crippen molar-refractivity contribution in [1.29, 1.82) is 0 Å². The van der Waals surface area contributed by atoms with Crippen LogP contribution < -0.4 is 4.90 Å². The Balaban J connectivity index is 1.37. The largest absolute Gasteiger partial charge is 0.369 e. The van der Waals surface area contributed by atoms with E-state index in [-0.39, 0.29) is 11.8 Å². The standard InChI is InChI=1S/C24H22FN3O3/c1-31-21-23(30)28(18-7-4-6-17(25)15-18)24(21)11-13-27(14-12-24)22(29)20-10-9-16-5-2-3-8-19(16)26-20/h2-10,15,21H,11-14H2,1H3. The van der Waals surface area contributed by atoms with Crippen molar-refractivity contribution < 1.29 is 18.7 Å². The molecule has 1 unspecified atom stereocenters. The number of pyridine rings is 1. The number of likely N-dealkylation sites (tertiary alicyclic amines) is 1. The molecule has 1 aromatic heterocycles. The number of para-hydroxylation sites is 1. The van der Waals surface area contributed by atoms with E-state index in [0.29, 0.717) is 37.3 Å². The Morgan fingerprint density at radius 2 is 1.87 bits per heavy atom. The van der Waals surface area contributed by atoms with Crippen LogP contribution in [0.1, 0.15) is 23.3 Å². The van der Waals surface area contributed by atoms with E-state index in [9.17, 15) is 14.0 Å². The lowest BCUT2D eigenvalue weighted by atomic mass is 9.72. The molecule has 2 aromatic carbocycles. The average Bonchev–Trinajstić information content (AvgIpc) is 2.79. The Bertz CT molecular complexity index is 1170. The van der Waals surface area contributed by atoms with Gasteiger partial charge in [-0.1, -0.05) is 30.3 Å². The van der Waals surface area contributed by atoms with Crippen LogP contribution in [0.25, 0.3) is 10.9 Å². The predicted octanol–water partition coefficient (Wildman–Crippen LogP) is 3.41. The number of ether oxygens (including phenoxy) is 1. The van der Waals surface area contributed by atoms with Gasteiger partial charge in [-0.25, -0.2) is 9.37 Å². The van der Waals surface area contributed by atoms with Crippen LogP contribution in [0.15, 0.2) is 60.7 Å². The number of aromatic nitrogens is 1. The van der Waals surface area contributed by atoms with Crippen molar-refractivity contribution in [2.75, 3.05) is 25.1 Å². The molecule has 2 saturated heterocycles. The number of rotatable bonds is 3. The third-order valence-electron chi connectivity index (χ3n) is 6.41. The van der Waals surface area contributed by atoms with Crippen molar-refractivity contribution in [1.82, 2.24) is 9.88 Å². The molecule has 6 nitrogen and oxygen atoms in total. The summed E-state index contributed by atoms with van der Waals surface area (Å²) in [6.07, 6.45) is 0.506. The molecular formula is C24H22FN3O3. The Hall–Kier alpha value is -3.32. The van der Waals surface area contributed by atoms with Gasteiger partial charge in [0.05, 0.1) is 11.1 Å². The van der Waals surface area contributed by atoms with Crippen LogP contribution in [0.4, 0.5) is 10.1 Å². The molecule has 3 heterocycles. The van der Waals surface area contributed by atoms with E-state index in [1.54, 1.807) is 28.0 Å². The van der Waals surface area contributed by atoms with Crippen molar-refractivity contribution in [3.05, 3.63) is 72.2 Å². The molecule has 0 radical (unpaired) electrons. The highest BCUT2D eigenvalue weighted by Crippen LogP contribution is 2.45. The van der Waals surface area contributed by atoms with E-state index < -0.39 is 17.5 Å². The minimum absolute atomic E-state index is 0.127. The van der Waals surface area contributed by atoms with Gasteiger partial charge in [0.2, 0.25) is 0 Å². The topological polar surface area (TPSA) is 62.7 Å². The van der Waals surface area contributed by atoms with Crippen molar-refractivity contribution in [2.45, 2.75) is 24.5 Å². The number of piperidine rings is 1. The van der Waals surface area contributed by atoms with Gasteiger partial charge in [0.1, 0.15) is 11.5 Å². The number of carbonyl (C=O) groups is 2. The second-order valence-corrected chi connectivity index (χ2v) is 8.05.